The molecule has 33 heavy (non-hydrogen) atoms. The van der Waals surface area contributed by atoms with Gasteiger partial charge in [0, 0.05) is 45.5 Å². The Bertz CT molecular complexity index is 1330. The first-order chi connectivity index (χ1) is 16.5. The molecule has 1 aliphatic heterocycles. The summed E-state index contributed by atoms with van der Waals surface area (Å²) in [4.78, 5) is 10.2. The molecule has 7 nitrogen and oxygen atoms in total. The second-order valence-electron chi connectivity index (χ2n) is 7.83. The quantitative estimate of drug-likeness (QED) is 0.408. The van der Waals surface area contributed by atoms with Crippen LogP contribution in [0.3, 0.4) is 0 Å². The van der Waals surface area contributed by atoms with E-state index >= 15 is 4.39 Å². The van der Waals surface area contributed by atoms with E-state index in [1.807, 2.05) is 23.1 Å². The third-order valence-electron chi connectivity index (χ3n) is 5.72. The van der Waals surface area contributed by atoms with E-state index in [0.29, 0.717) is 35.9 Å². The van der Waals surface area contributed by atoms with Gasteiger partial charge in [-0.1, -0.05) is 17.7 Å². The number of rotatable bonds is 6. The largest absolute Gasteiger partial charge is 0.386 e. The number of fused-ring (bicyclic) bond motifs is 1. The van der Waals surface area contributed by atoms with Gasteiger partial charge in [-0.2, -0.15) is 5.10 Å². The van der Waals surface area contributed by atoms with E-state index in [9.17, 15) is 5.11 Å². The fourth-order valence-corrected chi connectivity index (χ4v) is 4.37. The number of anilines is 3. The minimum atomic E-state index is -0.878. The second-order valence-corrected chi connectivity index (χ2v) is 8.19. The summed E-state index contributed by atoms with van der Waals surface area (Å²) in [7, 11) is -0.0107. The highest BCUT2D eigenvalue weighted by Crippen LogP contribution is 2.37. The van der Waals surface area contributed by atoms with E-state index in [1.54, 1.807) is 36.8 Å². The first kappa shape index (κ1) is 20.1. The van der Waals surface area contributed by atoms with Crippen molar-refractivity contribution >= 4 is 28.9 Å². The summed E-state index contributed by atoms with van der Waals surface area (Å²) in [5.41, 5.74) is 3.48. The molecule has 0 saturated heterocycles. The second kappa shape index (κ2) is 8.80. The van der Waals surface area contributed by atoms with Crippen LogP contribution in [0.1, 0.15) is 18.6 Å². The van der Waals surface area contributed by atoms with Gasteiger partial charge in [0.25, 0.3) is 0 Å². The number of pyridine rings is 2. The van der Waals surface area contributed by atoms with Gasteiger partial charge in [0.2, 0.25) is 0 Å². The molecule has 1 unspecified atom stereocenters. The van der Waals surface area contributed by atoms with Gasteiger partial charge in [0.15, 0.2) is 0 Å². The molecule has 1 aliphatic rings. The molecule has 5 rings (SSSR count). The molecule has 168 valence electrons. The summed E-state index contributed by atoms with van der Waals surface area (Å²) in [6.07, 6.45) is 4.63. The number of aryl methyl sites for hydroxylation is 1. The summed E-state index contributed by atoms with van der Waals surface area (Å²) < 4.78 is 24.3. The molecule has 4 aromatic rings. The maximum atomic E-state index is 15.3. The van der Waals surface area contributed by atoms with Gasteiger partial charge in [-0.05, 0) is 53.4 Å². The number of nitrogens with zero attached hydrogens (tertiary/aromatic N) is 5. The number of hydrogen-bond acceptors (Lipinski definition) is 6. The average molecular weight is 466 g/mol. The molecule has 0 amide bonds. The Labute approximate surface area is 196 Å². The van der Waals surface area contributed by atoms with Crippen LogP contribution in [-0.4, -0.2) is 37.9 Å². The number of benzene rings is 1. The normalized spacial score (nSPS) is 14.2. The van der Waals surface area contributed by atoms with Gasteiger partial charge < -0.3 is 15.3 Å². The van der Waals surface area contributed by atoms with Crippen molar-refractivity contribution in [1.29, 1.82) is 0 Å². The van der Waals surface area contributed by atoms with Crippen molar-refractivity contribution in [3.63, 3.8) is 0 Å². The van der Waals surface area contributed by atoms with E-state index in [4.69, 9.17) is 13.0 Å². The smallest absolute Gasteiger partial charge is 0.147 e. The van der Waals surface area contributed by atoms with Crippen LogP contribution in [0, 0.1) is 5.82 Å². The summed E-state index contributed by atoms with van der Waals surface area (Å²) in [6, 6.07) is 12.4. The van der Waals surface area contributed by atoms with Crippen LogP contribution in [0.5, 0.6) is 0 Å². The highest BCUT2D eigenvalue weighted by Gasteiger charge is 2.27. The zero-order valence-electron chi connectivity index (χ0n) is 18.6. The van der Waals surface area contributed by atoms with Gasteiger partial charge in [-0.3, -0.25) is 4.68 Å². The lowest BCUT2D eigenvalue weighted by atomic mass is 10.0. The van der Waals surface area contributed by atoms with E-state index in [2.05, 4.69) is 20.4 Å². The molecule has 2 N–H and O–H groups in total. The van der Waals surface area contributed by atoms with Crippen molar-refractivity contribution in [2.24, 2.45) is 7.02 Å². The molecule has 3 aromatic heterocycles. The number of aliphatic hydroxyl groups is 1. The number of aliphatic hydroxyl groups excluding tert-OH is 1. The maximum absolute atomic E-state index is 15.3. The van der Waals surface area contributed by atoms with Gasteiger partial charge >= 0.3 is 0 Å². The Hall–Kier alpha value is -3.49. The molecular weight excluding hydrogens is 443 g/mol. The van der Waals surface area contributed by atoms with Crippen molar-refractivity contribution < 1.29 is 10.9 Å². The lowest BCUT2D eigenvalue weighted by molar-refractivity contribution is 0.183. The summed E-state index contributed by atoms with van der Waals surface area (Å²) in [6.45, 7) is 0.826. The molecule has 0 radical (unpaired) electrons. The third kappa shape index (κ3) is 4.27. The minimum absolute atomic E-state index is 0.0107. The Morgan fingerprint density at radius 2 is 2.09 bits per heavy atom. The van der Waals surface area contributed by atoms with Crippen molar-refractivity contribution in [1.82, 2.24) is 19.7 Å². The summed E-state index contributed by atoms with van der Waals surface area (Å²) in [5.74, 6) is 0.891. The topological polar surface area (TPSA) is 79.1 Å². The number of nitrogens with one attached hydrogen (secondary N) is 1. The molecule has 9 heteroatoms. The molecule has 4 heterocycles. The Kier molecular flexibility index (Phi) is 5.37. The molecule has 1 atom stereocenters. The predicted molar refractivity (Wildman–Crippen MR) is 126 cm³/mol. The van der Waals surface area contributed by atoms with E-state index in [-0.39, 0.29) is 24.5 Å². The standard InChI is InChI=1S/C24H22ClFN6O/c1-31-22(5-9-29-31)30-21-13-15(4-8-27-21)17-11-16-6-10-32(23(16)19(26)12-17)14-20(33)18-3-2-7-28-24(18)25/h2-5,7-9,11-13,20,33H,6,10,14H2,1H3,(H,27,30)/i1D. The molecule has 0 bridgehead atoms. The van der Waals surface area contributed by atoms with Gasteiger partial charge in [-0.25, -0.2) is 14.4 Å². The fraction of sp³-hybridized carbons (Fsp3) is 0.208. The highest BCUT2D eigenvalue weighted by molar-refractivity contribution is 6.30. The van der Waals surface area contributed by atoms with E-state index in [1.165, 1.54) is 10.7 Å². The maximum Gasteiger partial charge on any atom is 0.147 e. The minimum Gasteiger partial charge on any atom is -0.386 e. The molecule has 0 spiro atoms. The number of halogens is 2. The molecule has 1 aromatic carbocycles. The lowest BCUT2D eigenvalue weighted by Gasteiger charge is -2.24. The zero-order chi connectivity index (χ0) is 23.7. The molecule has 0 saturated carbocycles. The third-order valence-corrected chi connectivity index (χ3v) is 6.03. The van der Waals surface area contributed by atoms with Crippen molar-refractivity contribution in [2.75, 3.05) is 23.3 Å². The fourth-order valence-electron chi connectivity index (χ4n) is 4.12. The number of β-amino-alcohol motifs (C(OH)–C–C–N with tert-alkyl or cyclic N) is 1. The highest BCUT2D eigenvalue weighted by atomic mass is 35.5. The average Bonchev–Trinajstić information content (AvgIpc) is 3.46. The van der Waals surface area contributed by atoms with Crippen LogP contribution in [0.4, 0.5) is 21.7 Å². The first-order valence-electron chi connectivity index (χ1n) is 11.1. The Morgan fingerprint density at radius 1 is 1.18 bits per heavy atom. The zero-order valence-corrected chi connectivity index (χ0v) is 18.4. The van der Waals surface area contributed by atoms with Gasteiger partial charge in [-0.15, -0.1) is 0 Å². The van der Waals surface area contributed by atoms with Crippen LogP contribution in [-0.2, 0) is 13.4 Å². The Balaban J connectivity index is 1.38. The Morgan fingerprint density at radius 3 is 2.94 bits per heavy atom. The lowest BCUT2D eigenvalue weighted by Crippen LogP contribution is -2.27. The number of aromatic nitrogens is 4. The van der Waals surface area contributed by atoms with Gasteiger partial charge in [0.1, 0.15) is 22.6 Å². The first-order valence-corrected chi connectivity index (χ1v) is 10.8. The van der Waals surface area contributed by atoms with Crippen LogP contribution >= 0.6 is 11.6 Å². The van der Waals surface area contributed by atoms with E-state index in [0.717, 1.165) is 16.7 Å². The summed E-state index contributed by atoms with van der Waals surface area (Å²) >= 11 is 6.11. The van der Waals surface area contributed by atoms with Crippen molar-refractivity contribution in [2.45, 2.75) is 12.5 Å². The van der Waals surface area contributed by atoms with E-state index < -0.39 is 6.10 Å². The predicted octanol–water partition coefficient (Wildman–Crippen LogP) is 4.51. The summed E-state index contributed by atoms with van der Waals surface area (Å²) in [5, 5.41) is 18.1. The van der Waals surface area contributed by atoms with Crippen molar-refractivity contribution in [3.8, 4) is 11.1 Å². The molecule has 0 fully saturated rings. The van der Waals surface area contributed by atoms with Crippen LogP contribution in [0.15, 0.2) is 61.1 Å². The van der Waals surface area contributed by atoms with Crippen LogP contribution < -0.4 is 10.2 Å². The number of hydrogen-bond donors (Lipinski definition) is 2. The van der Waals surface area contributed by atoms with Crippen LogP contribution in [0.2, 0.25) is 5.15 Å². The SMILES string of the molecule is [2H]Cn1nccc1Nc1cc(-c2cc(F)c3c(c2)CCN3CC(O)c2cccnc2Cl)ccn1. The van der Waals surface area contributed by atoms with Crippen molar-refractivity contribution in [3.05, 3.63) is 83.2 Å². The van der Waals surface area contributed by atoms with Crippen LogP contribution in [0.25, 0.3) is 11.1 Å². The monoisotopic (exact) mass is 465 g/mol. The molecule has 0 aliphatic carbocycles. The molecular formula is C24H22ClFN6O. The van der Waals surface area contributed by atoms with Gasteiger partial charge in [0.05, 0.1) is 18.0 Å².